The SMILES string of the molecule is COc1ccc(Cl)cc1NC(=O)c1ccc2c(c1)S(=O)(=O)N=C1CCCCCN12. The van der Waals surface area contributed by atoms with Crippen LogP contribution in [0.1, 0.15) is 36.0 Å². The number of halogens is 1. The maximum absolute atomic E-state index is 12.8. The van der Waals surface area contributed by atoms with Crippen molar-refractivity contribution in [3.05, 3.63) is 47.0 Å². The van der Waals surface area contributed by atoms with Crippen molar-refractivity contribution in [3.8, 4) is 5.75 Å². The van der Waals surface area contributed by atoms with E-state index < -0.39 is 15.9 Å². The Bertz CT molecular complexity index is 1110. The van der Waals surface area contributed by atoms with Gasteiger partial charge in [-0.2, -0.15) is 8.42 Å². The smallest absolute Gasteiger partial charge is 0.286 e. The van der Waals surface area contributed by atoms with Crippen LogP contribution >= 0.6 is 11.6 Å². The number of ether oxygens (including phenoxy) is 1. The van der Waals surface area contributed by atoms with Gasteiger partial charge in [0.15, 0.2) is 0 Å². The molecule has 29 heavy (non-hydrogen) atoms. The van der Waals surface area contributed by atoms with Gasteiger partial charge in [0, 0.05) is 23.6 Å². The lowest BCUT2D eigenvalue weighted by Gasteiger charge is -2.29. The fourth-order valence-electron chi connectivity index (χ4n) is 3.59. The van der Waals surface area contributed by atoms with Gasteiger partial charge in [0.2, 0.25) is 0 Å². The molecule has 1 N–H and O–H groups in total. The van der Waals surface area contributed by atoms with E-state index in [2.05, 4.69) is 9.71 Å². The molecule has 1 fully saturated rings. The molecule has 1 amide bonds. The Morgan fingerprint density at radius 1 is 1.17 bits per heavy atom. The molecule has 0 aromatic heterocycles. The normalized spacial score (nSPS) is 17.4. The number of sulfonamides is 1. The Morgan fingerprint density at radius 3 is 2.79 bits per heavy atom. The minimum Gasteiger partial charge on any atom is -0.495 e. The minimum atomic E-state index is -3.86. The van der Waals surface area contributed by atoms with Gasteiger partial charge in [-0.3, -0.25) is 4.79 Å². The van der Waals surface area contributed by atoms with Crippen LogP contribution in [0.25, 0.3) is 0 Å². The molecule has 2 aliphatic rings. The van der Waals surface area contributed by atoms with Gasteiger partial charge in [0.1, 0.15) is 16.5 Å². The summed E-state index contributed by atoms with van der Waals surface area (Å²) in [7, 11) is -2.37. The van der Waals surface area contributed by atoms with E-state index in [-0.39, 0.29) is 10.5 Å². The first-order valence-electron chi connectivity index (χ1n) is 9.29. The number of amidine groups is 1. The zero-order valence-corrected chi connectivity index (χ0v) is 17.4. The molecule has 1 saturated heterocycles. The number of hydrogen-bond donors (Lipinski definition) is 1. The van der Waals surface area contributed by atoms with Crippen LogP contribution in [0.2, 0.25) is 5.02 Å². The van der Waals surface area contributed by atoms with Crippen molar-refractivity contribution >= 4 is 44.7 Å². The predicted molar refractivity (Wildman–Crippen MR) is 113 cm³/mol. The second-order valence-electron chi connectivity index (χ2n) is 6.93. The highest BCUT2D eigenvalue weighted by molar-refractivity contribution is 7.90. The monoisotopic (exact) mass is 433 g/mol. The van der Waals surface area contributed by atoms with Crippen molar-refractivity contribution in [2.45, 2.75) is 30.6 Å². The van der Waals surface area contributed by atoms with Gasteiger partial charge in [-0.25, -0.2) is 0 Å². The highest BCUT2D eigenvalue weighted by Gasteiger charge is 2.32. The van der Waals surface area contributed by atoms with E-state index in [4.69, 9.17) is 16.3 Å². The van der Waals surface area contributed by atoms with E-state index >= 15 is 0 Å². The molecule has 0 bridgehead atoms. The van der Waals surface area contributed by atoms with Crippen molar-refractivity contribution < 1.29 is 17.9 Å². The summed E-state index contributed by atoms with van der Waals surface area (Å²) in [5, 5.41) is 3.17. The van der Waals surface area contributed by atoms with Crippen LogP contribution in [0.5, 0.6) is 5.75 Å². The van der Waals surface area contributed by atoms with Crippen LogP contribution in [-0.2, 0) is 10.0 Å². The lowest BCUT2D eigenvalue weighted by atomic mass is 10.1. The van der Waals surface area contributed by atoms with Crippen LogP contribution in [-0.4, -0.2) is 33.8 Å². The van der Waals surface area contributed by atoms with Crippen molar-refractivity contribution in [1.29, 1.82) is 0 Å². The zero-order valence-electron chi connectivity index (χ0n) is 15.8. The summed E-state index contributed by atoms with van der Waals surface area (Å²) in [4.78, 5) is 14.8. The van der Waals surface area contributed by atoms with E-state index in [9.17, 15) is 13.2 Å². The number of benzene rings is 2. The van der Waals surface area contributed by atoms with Gasteiger partial charge in [-0.1, -0.05) is 18.0 Å². The topological polar surface area (TPSA) is 88.1 Å². The first-order valence-corrected chi connectivity index (χ1v) is 11.1. The number of methoxy groups -OCH3 is 1. The zero-order chi connectivity index (χ0) is 20.6. The van der Waals surface area contributed by atoms with Crippen LogP contribution in [0, 0.1) is 0 Å². The molecule has 7 nitrogen and oxygen atoms in total. The van der Waals surface area contributed by atoms with Crippen molar-refractivity contribution in [1.82, 2.24) is 0 Å². The predicted octanol–water partition coefficient (Wildman–Crippen LogP) is 4.08. The number of nitrogens with one attached hydrogen (secondary N) is 1. The number of carbonyl (C=O) groups excluding carboxylic acids is 1. The summed E-state index contributed by atoms with van der Waals surface area (Å²) in [6, 6.07) is 9.54. The fourth-order valence-corrected chi connectivity index (χ4v) is 5.05. The van der Waals surface area contributed by atoms with E-state index in [1.54, 1.807) is 30.3 Å². The highest BCUT2D eigenvalue weighted by atomic mass is 35.5. The fraction of sp³-hybridized carbons (Fsp3) is 0.300. The molecule has 2 aliphatic heterocycles. The van der Waals surface area contributed by atoms with E-state index in [1.807, 2.05) is 4.90 Å². The molecule has 4 rings (SSSR count). The maximum Gasteiger partial charge on any atom is 0.286 e. The van der Waals surface area contributed by atoms with Crippen LogP contribution in [0.15, 0.2) is 45.7 Å². The largest absolute Gasteiger partial charge is 0.495 e. The van der Waals surface area contributed by atoms with Gasteiger partial charge < -0.3 is 15.0 Å². The number of fused-ring (bicyclic) bond motifs is 3. The second-order valence-corrected chi connectivity index (χ2v) is 8.94. The van der Waals surface area contributed by atoms with Gasteiger partial charge in [0.25, 0.3) is 15.9 Å². The quantitative estimate of drug-likeness (QED) is 0.787. The number of nitrogens with zero attached hydrogens (tertiary/aromatic N) is 2. The van der Waals surface area contributed by atoms with Gasteiger partial charge in [-0.05, 0) is 49.2 Å². The summed E-state index contributed by atoms with van der Waals surface area (Å²) in [5.41, 5.74) is 1.19. The molecule has 0 spiro atoms. The van der Waals surface area contributed by atoms with E-state index in [0.717, 1.165) is 19.3 Å². The summed E-state index contributed by atoms with van der Waals surface area (Å²) >= 11 is 6.01. The Balaban J connectivity index is 1.69. The lowest BCUT2D eigenvalue weighted by Crippen LogP contribution is -2.35. The average Bonchev–Trinajstić information content (AvgIpc) is 2.93. The maximum atomic E-state index is 12.8. The summed E-state index contributed by atoms with van der Waals surface area (Å²) in [6.07, 6.45) is 3.56. The Morgan fingerprint density at radius 2 is 2.00 bits per heavy atom. The molecule has 0 radical (unpaired) electrons. The summed E-state index contributed by atoms with van der Waals surface area (Å²) < 4.78 is 34.7. The van der Waals surface area contributed by atoms with Crippen molar-refractivity contribution in [2.75, 3.05) is 23.9 Å². The third-order valence-electron chi connectivity index (χ3n) is 5.02. The molecule has 2 aromatic carbocycles. The minimum absolute atomic E-state index is 0.0499. The molecule has 0 atom stereocenters. The molecule has 152 valence electrons. The molecule has 2 heterocycles. The standard InChI is InChI=1S/C20H20ClN3O4S/c1-28-17-9-7-14(21)12-15(17)22-20(25)13-6-8-16-18(11-13)29(26,27)23-19-5-3-2-4-10-24(16)19/h6-9,11-12H,2-5,10H2,1H3,(H,22,25). The number of amides is 1. The van der Waals surface area contributed by atoms with Crippen LogP contribution in [0.4, 0.5) is 11.4 Å². The molecule has 2 aromatic rings. The second kappa shape index (κ2) is 7.68. The Hall–Kier alpha value is -2.58. The first kappa shape index (κ1) is 19.7. The van der Waals surface area contributed by atoms with Crippen LogP contribution < -0.4 is 15.0 Å². The average molecular weight is 434 g/mol. The van der Waals surface area contributed by atoms with E-state index in [0.29, 0.717) is 40.9 Å². The molecular weight excluding hydrogens is 414 g/mol. The third-order valence-corrected chi connectivity index (χ3v) is 6.59. The van der Waals surface area contributed by atoms with Crippen molar-refractivity contribution in [2.24, 2.45) is 4.40 Å². The van der Waals surface area contributed by atoms with Crippen molar-refractivity contribution in [3.63, 3.8) is 0 Å². The molecule has 0 saturated carbocycles. The first-order chi connectivity index (χ1) is 13.9. The molecular formula is C20H20ClN3O4S. The van der Waals surface area contributed by atoms with Gasteiger partial charge >= 0.3 is 0 Å². The Kier molecular flexibility index (Phi) is 5.23. The number of hydrogen-bond acceptors (Lipinski definition) is 5. The number of anilines is 2. The lowest BCUT2D eigenvalue weighted by molar-refractivity contribution is 0.102. The van der Waals surface area contributed by atoms with Gasteiger partial charge in [0.05, 0.1) is 18.5 Å². The van der Waals surface area contributed by atoms with E-state index in [1.165, 1.54) is 13.2 Å². The molecule has 9 heteroatoms. The van der Waals surface area contributed by atoms with Crippen LogP contribution in [0.3, 0.4) is 0 Å². The number of carbonyl (C=O) groups is 1. The third kappa shape index (κ3) is 3.82. The Labute approximate surface area is 174 Å². The van der Waals surface area contributed by atoms with Gasteiger partial charge in [-0.15, -0.1) is 4.40 Å². The number of rotatable bonds is 3. The molecule has 0 unspecified atom stereocenters. The highest BCUT2D eigenvalue weighted by Crippen LogP contribution is 2.35. The summed E-state index contributed by atoms with van der Waals surface area (Å²) in [5.74, 6) is 0.567. The summed E-state index contributed by atoms with van der Waals surface area (Å²) in [6.45, 7) is 0.715. The molecule has 0 aliphatic carbocycles.